The van der Waals surface area contributed by atoms with Crippen LogP contribution in [-0.2, 0) is 13.0 Å². The Morgan fingerprint density at radius 1 is 1.21 bits per heavy atom. The van der Waals surface area contributed by atoms with Gasteiger partial charge in [-0.2, -0.15) is 0 Å². The van der Waals surface area contributed by atoms with Gasteiger partial charge in [0.25, 0.3) is 0 Å². The highest BCUT2D eigenvalue weighted by Gasteiger charge is 2.22. The van der Waals surface area contributed by atoms with Crippen LogP contribution in [0.25, 0.3) is 0 Å². The van der Waals surface area contributed by atoms with Crippen LogP contribution in [0.5, 0.6) is 0 Å². The molecule has 0 spiro atoms. The number of nitrogens with zero attached hydrogens (tertiary/aromatic N) is 3. The molecule has 1 aliphatic heterocycles. The van der Waals surface area contributed by atoms with Crippen molar-refractivity contribution in [3.63, 3.8) is 0 Å². The number of amides is 2. The van der Waals surface area contributed by atoms with E-state index in [1.807, 2.05) is 11.0 Å². The maximum absolute atomic E-state index is 11.8. The first-order valence-electron chi connectivity index (χ1n) is 6.86. The van der Waals surface area contributed by atoms with Crippen LogP contribution in [0.4, 0.5) is 4.79 Å². The van der Waals surface area contributed by atoms with Crippen molar-refractivity contribution in [2.24, 2.45) is 0 Å². The van der Waals surface area contributed by atoms with E-state index < -0.39 is 0 Å². The molecule has 19 heavy (non-hydrogen) atoms. The standard InChI is InChI=1S/C14H23N3O2/c1-4-12-5-6-13(19-12)11-16-7-9-17(10-8-16)14(18)15(2)3/h5-6H,4,7-11H2,1-3H3. The molecule has 0 atom stereocenters. The van der Waals surface area contributed by atoms with E-state index >= 15 is 0 Å². The van der Waals surface area contributed by atoms with Crippen LogP contribution in [0.15, 0.2) is 16.5 Å². The lowest BCUT2D eigenvalue weighted by Crippen LogP contribution is -2.51. The van der Waals surface area contributed by atoms with Crippen molar-refractivity contribution in [1.82, 2.24) is 14.7 Å². The molecule has 1 fully saturated rings. The molecule has 0 aliphatic carbocycles. The molecular weight excluding hydrogens is 242 g/mol. The molecule has 0 aromatic carbocycles. The zero-order valence-electron chi connectivity index (χ0n) is 12.1. The third-order valence-corrected chi connectivity index (χ3v) is 3.47. The third kappa shape index (κ3) is 3.50. The second-order valence-electron chi connectivity index (χ2n) is 5.16. The van der Waals surface area contributed by atoms with E-state index in [0.717, 1.165) is 50.7 Å². The van der Waals surface area contributed by atoms with Crippen LogP contribution >= 0.6 is 0 Å². The Balaban J connectivity index is 1.81. The summed E-state index contributed by atoms with van der Waals surface area (Å²) < 4.78 is 5.72. The number of urea groups is 1. The fourth-order valence-electron chi connectivity index (χ4n) is 2.30. The maximum atomic E-state index is 11.8. The Hall–Kier alpha value is -1.49. The summed E-state index contributed by atoms with van der Waals surface area (Å²) in [6, 6.07) is 4.20. The molecule has 1 saturated heterocycles. The molecule has 2 amide bonds. The number of carbonyl (C=O) groups excluding carboxylic acids is 1. The highest BCUT2D eigenvalue weighted by atomic mass is 16.3. The topological polar surface area (TPSA) is 39.9 Å². The van der Waals surface area contributed by atoms with E-state index in [1.54, 1.807) is 19.0 Å². The number of piperazine rings is 1. The third-order valence-electron chi connectivity index (χ3n) is 3.47. The van der Waals surface area contributed by atoms with Gasteiger partial charge in [-0.3, -0.25) is 4.90 Å². The van der Waals surface area contributed by atoms with Crippen molar-refractivity contribution in [3.8, 4) is 0 Å². The first kappa shape index (κ1) is 13.9. The first-order chi connectivity index (χ1) is 9.10. The molecule has 1 aromatic rings. The lowest BCUT2D eigenvalue weighted by Gasteiger charge is -2.35. The molecule has 5 heteroatoms. The van der Waals surface area contributed by atoms with Gasteiger partial charge in [0.1, 0.15) is 11.5 Å². The average molecular weight is 265 g/mol. The van der Waals surface area contributed by atoms with Crippen LogP contribution in [0, 0.1) is 0 Å². The molecule has 0 radical (unpaired) electrons. The average Bonchev–Trinajstić information content (AvgIpc) is 2.86. The van der Waals surface area contributed by atoms with E-state index in [1.165, 1.54) is 0 Å². The monoisotopic (exact) mass is 265 g/mol. The van der Waals surface area contributed by atoms with Crippen molar-refractivity contribution >= 4 is 6.03 Å². The van der Waals surface area contributed by atoms with E-state index in [0.29, 0.717) is 0 Å². The van der Waals surface area contributed by atoms with Gasteiger partial charge in [0.05, 0.1) is 6.54 Å². The Morgan fingerprint density at radius 2 is 1.84 bits per heavy atom. The van der Waals surface area contributed by atoms with Crippen molar-refractivity contribution in [3.05, 3.63) is 23.7 Å². The second kappa shape index (κ2) is 6.10. The molecule has 1 aromatic heterocycles. The summed E-state index contributed by atoms with van der Waals surface area (Å²) in [7, 11) is 3.59. The Kier molecular flexibility index (Phi) is 4.47. The zero-order valence-corrected chi connectivity index (χ0v) is 12.1. The predicted octanol–water partition coefficient (Wildman–Crippen LogP) is 1.64. The lowest BCUT2D eigenvalue weighted by atomic mass is 10.3. The van der Waals surface area contributed by atoms with Gasteiger partial charge in [0.15, 0.2) is 0 Å². The van der Waals surface area contributed by atoms with E-state index in [2.05, 4.69) is 17.9 Å². The summed E-state index contributed by atoms with van der Waals surface area (Å²) >= 11 is 0. The van der Waals surface area contributed by atoms with E-state index in [4.69, 9.17) is 4.42 Å². The van der Waals surface area contributed by atoms with Crippen molar-refractivity contribution in [2.75, 3.05) is 40.3 Å². The molecule has 0 unspecified atom stereocenters. The number of hydrogen-bond donors (Lipinski definition) is 0. The van der Waals surface area contributed by atoms with Crippen molar-refractivity contribution < 1.29 is 9.21 Å². The summed E-state index contributed by atoms with van der Waals surface area (Å²) in [4.78, 5) is 17.7. The molecule has 0 bridgehead atoms. The number of rotatable bonds is 3. The minimum atomic E-state index is 0.103. The van der Waals surface area contributed by atoms with Gasteiger partial charge in [-0.25, -0.2) is 4.79 Å². The number of aryl methyl sites for hydroxylation is 1. The molecule has 106 valence electrons. The van der Waals surface area contributed by atoms with E-state index in [9.17, 15) is 4.79 Å². The zero-order chi connectivity index (χ0) is 13.8. The maximum Gasteiger partial charge on any atom is 0.319 e. The molecule has 0 saturated carbocycles. The highest BCUT2D eigenvalue weighted by molar-refractivity contribution is 5.73. The fraction of sp³-hybridized carbons (Fsp3) is 0.643. The molecule has 1 aliphatic rings. The minimum Gasteiger partial charge on any atom is -0.465 e. The van der Waals surface area contributed by atoms with Gasteiger partial charge in [0, 0.05) is 46.7 Å². The first-order valence-corrected chi connectivity index (χ1v) is 6.86. The molecule has 2 heterocycles. The molecular formula is C14H23N3O2. The summed E-state index contributed by atoms with van der Waals surface area (Å²) in [6.45, 7) is 6.32. The van der Waals surface area contributed by atoms with Crippen molar-refractivity contribution in [2.45, 2.75) is 19.9 Å². The molecule has 5 nitrogen and oxygen atoms in total. The van der Waals surface area contributed by atoms with Crippen LogP contribution in [0.2, 0.25) is 0 Å². The number of carbonyl (C=O) groups is 1. The summed E-state index contributed by atoms with van der Waals surface area (Å²) in [5.74, 6) is 2.06. The largest absolute Gasteiger partial charge is 0.465 e. The van der Waals surface area contributed by atoms with Crippen LogP contribution in [-0.4, -0.2) is 61.0 Å². The Morgan fingerprint density at radius 3 is 2.37 bits per heavy atom. The quantitative estimate of drug-likeness (QED) is 0.834. The highest BCUT2D eigenvalue weighted by Crippen LogP contribution is 2.13. The summed E-state index contributed by atoms with van der Waals surface area (Å²) in [5, 5.41) is 0. The van der Waals surface area contributed by atoms with Crippen LogP contribution in [0.1, 0.15) is 18.4 Å². The van der Waals surface area contributed by atoms with Crippen LogP contribution < -0.4 is 0 Å². The summed E-state index contributed by atoms with van der Waals surface area (Å²) in [5.41, 5.74) is 0. The van der Waals surface area contributed by atoms with Gasteiger partial charge >= 0.3 is 6.03 Å². The summed E-state index contributed by atoms with van der Waals surface area (Å²) in [6.07, 6.45) is 0.936. The van der Waals surface area contributed by atoms with Gasteiger partial charge in [-0.15, -0.1) is 0 Å². The normalized spacial score (nSPS) is 16.7. The number of hydrogen-bond acceptors (Lipinski definition) is 3. The van der Waals surface area contributed by atoms with Crippen LogP contribution in [0.3, 0.4) is 0 Å². The van der Waals surface area contributed by atoms with Gasteiger partial charge in [-0.05, 0) is 12.1 Å². The SMILES string of the molecule is CCc1ccc(CN2CCN(C(=O)N(C)C)CC2)o1. The second-order valence-corrected chi connectivity index (χ2v) is 5.16. The van der Waals surface area contributed by atoms with Gasteiger partial charge < -0.3 is 14.2 Å². The molecule has 0 N–H and O–H groups in total. The molecule has 2 rings (SSSR count). The van der Waals surface area contributed by atoms with Crippen molar-refractivity contribution in [1.29, 1.82) is 0 Å². The van der Waals surface area contributed by atoms with E-state index in [-0.39, 0.29) is 6.03 Å². The predicted molar refractivity (Wildman–Crippen MR) is 74.0 cm³/mol. The lowest BCUT2D eigenvalue weighted by molar-refractivity contribution is 0.116. The fourth-order valence-corrected chi connectivity index (χ4v) is 2.30. The van der Waals surface area contributed by atoms with Gasteiger partial charge in [0.2, 0.25) is 0 Å². The number of furan rings is 1. The minimum absolute atomic E-state index is 0.103. The Labute approximate surface area is 114 Å². The Bertz CT molecular complexity index is 420. The smallest absolute Gasteiger partial charge is 0.319 e. The van der Waals surface area contributed by atoms with Gasteiger partial charge in [-0.1, -0.05) is 6.92 Å².